The molecule has 7 nitrogen and oxygen atoms in total. The maximum Gasteiger partial charge on any atom is 0.410 e. The first-order valence-electron chi connectivity index (χ1n) is 9.32. The smallest absolute Gasteiger partial charge is 0.410 e. The summed E-state index contributed by atoms with van der Waals surface area (Å²) < 4.78 is 7.04. The van der Waals surface area contributed by atoms with Crippen LogP contribution in [0.25, 0.3) is 5.88 Å². The number of fused-ring (bicyclic) bond motifs is 1. The third kappa shape index (κ3) is 3.63. The number of amides is 1. The molecule has 1 amide bonds. The summed E-state index contributed by atoms with van der Waals surface area (Å²) in [4.78, 5) is 14.6. The summed E-state index contributed by atoms with van der Waals surface area (Å²) in [6, 6.07) is 11.4. The predicted molar refractivity (Wildman–Crippen MR) is 102 cm³/mol. The van der Waals surface area contributed by atoms with Crippen molar-refractivity contribution in [1.82, 2.24) is 14.7 Å². The predicted octanol–water partition coefficient (Wildman–Crippen LogP) is 3.77. The summed E-state index contributed by atoms with van der Waals surface area (Å²) in [6.07, 6.45) is 3.18. The van der Waals surface area contributed by atoms with E-state index in [-0.39, 0.29) is 24.6 Å². The number of carbonyl (C=O) groups is 1. The van der Waals surface area contributed by atoms with E-state index in [1.54, 1.807) is 11.0 Å². The number of hydrogen-bond acceptors (Lipinski definition) is 5. The normalized spacial score (nSPS) is 21.8. The van der Waals surface area contributed by atoms with E-state index in [0.29, 0.717) is 19.0 Å². The zero-order valence-electron chi connectivity index (χ0n) is 15.3. The van der Waals surface area contributed by atoms with Gasteiger partial charge in [-0.25, -0.2) is 4.79 Å². The standard InChI is InChI=1S/C20H24N4O3/c1-14-7-8-17(16-11-18-21-10-9-19(25)24(18)22-16)23(12-14)20(26)27-13-15-5-3-2-4-6-15/h2-6,9,11,14,17,21,25H,7-8,10,12-13H2,1H3/t14-,17-/m0/s1. The van der Waals surface area contributed by atoms with Crippen LogP contribution in [0.15, 0.2) is 42.5 Å². The van der Waals surface area contributed by atoms with Crippen LogP contribution in [0.1, 0.15) is 37.1 Å². The van der Waals surface area contributed by atoms with Crippen molar-refractivity contribution in [2.75, 3.05) is 18.4 Å². The van der Waals surface area contributed by atoms with Crippen LogP contribution < -0.4 is 5.32 Å². The lowest BCUT2D eigenvalue weighted by Gasteiger charge is -2.37. The minimum absolute atomic E-state index is 0.109. The van der Waals surface area contributed by atoms with Crippen molar-refractivity contribution in [1.29, 1.82) is 0 Å². The van der Waals surface area contributed by atoms with Crippen molar-refractivity contribution in [3.63, 3.8) is 0 Å². The van der Waals surface area contributed by atoms with E-state index in [1.165, 1.54) is 4.68 Å². The number of carbonyl (C=O) groups excluding carboxylic acids is 1. The van der Waals surface area contributed by atoms with Crippen molar-refractivity contribution < 1.29 is 14.6 Å². The summed E-state index contributed by atoms with van der Waals surface area (Å²) >= 11 is 0. The minimum Gasteiger partial charge on any atom is -0.493 e. The number of nitrogens with one attached hydrogen (secondary N) is 1. The topological polar surface area (TPSA) is 79.6 Å². The molecule has 0 aliphatic carbocycles. The Morgan fingerprint density at radius 2 is 2.15 bits per heavy atom. The van der Waals surface area contributed by atoms with Gasteiger partial charge < -0.3 is 15.2 Å². The average Bonchev–Trinajstić information content (AvgIpc) is 3.12. The lowest BCUT2D eigenvalue weighted by Crippen LogP contribution is -2.42. The number of benzene rings is 1. The number of hydrogen-bond donors (Lipinski definition) is 2. The van der Waals surface area contributed by atoms with Gasteiger partial charge in [-0.15, -0.1) is 0 Å². The van der Waals surface area contributed by atoms with E-state index in [1.807, 2.05) is 36.4 Å². The van der Waals surface area contributed by atoms with E-state index < -0.39 is 0 Å². The molecule has 7 heteroatoms. The molecule has 2 aliphatic heterocycles. The Bertz CT molecular complexity index is 846. The molecule has 27 heavy (non-hydrogen) atoms. The van der Waals surface area contributed by atoms with Gasteiger partial charge in [0.25, 0.3) is 0 Å². The average molecular weight is 368 g/mol. The van der Waals surface area contributed by atoms with E-state index in [9.17, 15) is 9.90 Å². The van der Waals surface area contributed by atoms with Crippen LogP contribution >= 0.6 is 0 Å². The molecule has 0 unspecified atom stereocenters. The summed E-state index contributed by atoms with van der Waals surface area (Å²) in [5.74, 6) is 1.26. The number of aromatic nitrogens is 2. The molecule has 1 fully saturated rings. The number of likely N-dealkylation sites (tertiary alicyclic amines) is 1. The highest BCUT2D eigenvalue weighted by Crippen LogP contribution is 2.35. The van der Waals surface area contributed by atoms with Gasteiger partial charge in [0.2, 0.25) is 5.88 Å². The lowest BCUT2D eigenvalue weighted by atomic mass is 9.93. The second kappa shape index (κ2) is 7.34. The van der Waals surface area contributed by atoms with E-state index in [0.717, 1.165) is 29.9 Å². The first-order chi connectivity index (χ1) is 13.1. The van der Waals surface area contributed by atoms with Crippen molar-refractivity contribution >= 4 is 17.8 Å². The van der Waals surface area contributed by atoms with Gasteiger partial charge in [0.1, 0.15) is 12.4 Å². The number of aliphatic hydroxyl groups excluding tert-OH is 1. The van der Waals surface area contributed by atoms with Crippen molar-refractivity contribution in [3.8, 4) is 0 Å². The lowest BCUT2D eigenvalue weighted by molar-refractivity contribution is 0.0553. The van der Waals surface area contributed by atoms with Crippen LogP contribution in [-0.2, 0) is 11.3 Å². The molecule has 1 aromatic carbocycles. The highest BCUT2D eigenvalue weighted by Gasteiger charge is 2.34. The van der Waals surface area contributed by atoms with Crippen LogP contribution in [0.2, 0.25) is 0 Å². The zero-order chi connectivity index (χ0) is 18.8. The van der Waals surface area contributed by atoms with Gasteiger partial charge >= 0.3 is 6.09 Å². The Labute approximate surface area is 158 Å². The number of anilines is 1. The summed E-state index contributed by atoms with van der Waals surface area (Å²) in [5.41, 5.74) is 1.73. The van der Waals surface area contributed by atoms with Gasteiger partial charge in [0, 0.05) is 19.2 Å². The molecule has 3 heterocycles. The third-order valence-corrected chi connectivity index (χ3v) is 5.11. The zero-order valence-corrected chi connectivity index (χ0v) is 15.3. The van der Waals surface area contributed by atoms with E-state index in [2.05, 4.69) is 17.3 Å². The number of aliphatic hydroxyl groups is 1. The second-order valence-electron chi connectivity index (χ2n) is 7.20. The maximum absolute atomic E-state index is 12.8. The van der Waals surface area contributed by atoms with Gasteiger partial charge in [-0.05, 0) is 30.4 Å². The fourth-order valence-corrected chi connectivity index (χ4v) is 3.66. The molecule has 2 atom stereocenters. The molecule has 2 N–H and O–H groups in total. The molecular formula is C20H24N4O3. The molecule has 142 valence electrons. The number of nitrogens with zero attached hydrogens (tertiary/aromatic N) is 3. The van der Waals surface area contributed by atoms with Crippen LogP contribution in [0.5, 0.6) is 0 Å². The van der Waals surface area contributed by atoms with Crippen LogP contribution in [0.4, 0.5) is 10.6 Å². The van der Waals surface area contributed by atoms with Crippen molar-refractivity contribution in [2.45, 2.75) is 32.4 Å². The highest BCUT2D eigenvalue weighted by atomic mass is 16.6. The fourth-order valence-electron chi connectivity index (χ4n) is 3.66. The first kappa shape index (κ1) is 17.5. The monoisotopic (exact) mass is 368 g/mol. The van der Waals surface area contributed by atoms with Gasteiger partial charge in [0.05, 0.1) is 11.7 Å². The van der Waals surface area contributed by atoms with Gasteiger partial charge in [-0.1, -0.05) is 37.3 Å². The Hall–Kier alpha value is -2.96. The Morgan fingerprint density at radius 3 is 2.93 bits per heavy atom. The van der Waals surface area contributed by atoms with E-state index >= 15 is 0 Å². The van der Waals surface area contributed by atoms with Gasteiger partial charge in [-0.3, -0.25) is 4.90 Å². The number of rotatable bonds is 3. The quantitative estimate of drug-likeness (QED) is 0.862. The largest absolute Gasteiger partial charge is 0.493 e. The summed E-state index contributed by atoms with van der Waals surface area (Å²) in [6.45, 7) is 3.58. The number of ether oxygens (including phenoxy) is 1. The van der Waals surface area contributed by atoms with Crippen molar-refractivity contribution in [3.05, 3.63) is 53.7 Å². The highest BCUT2D eigenvalue weighted by molar-refractivity contribution is 5.68. The third-order valence-electron chi connectivity index (χ3n) is 5.11. The molecule has 0 saturated carbocycles. The Kier molecular flexibility index (Phi) is 4.75. The molecule has 0 bridgehead atoms. The summed E-state index contributed by atoms with van der Waals surface area (Å²) in [5, 5.41) is 17.7. The first-order valence-corrected chi connectivity index (χ1v) is 9.32. The van der Waals surface area contributed by atoms with Crippen LogP contribution in [0, 0.1) is 5.92 Å². The van der Waals surface area contributed by atoms with E-state index in [4.69, 9.17) is 4.74 Å². The molecule has 2 aromatic rings. The molecule has 1 saturated heterocycles. The fraction of sp³-hybridized carbons (Fsp3) is 0.400. The molecule has 2 aliphatic rings. The maximum atomic E-state index is 12.8. The van der Waals surface area contributed by atoms with Crippen LogP contribution in [-0.4, -0.2) is 39.0 Å². The van der Waals surface area contributed by atoms with Gasteiger partial charge in [-0.2, -0.15) is 9.78 Å². The molecule has 0 radical (unpaired) electrons. The minimum atomic E-state index is -0.325. The Balaban J connectivity index is 1.52. The van der Waals surface area contributed by atoms with Gasteiger partial charge in [0.15, 0.2) is 0 Å². The Morgan fingerprint density at radius 1 is 1.33 bits per heavy atom. The molecule has 4 rings (SSSR count). The molecular weight excluding hydrogens is 344 g/mol. The van der Waals surface area contributed by atoms with Crippen molar-refractivity contribution in [2.24, 2.45) is 5.92 Å². The van der Waals surface area contributed by atoms with Crippen LogP contribution in [0.3, 0.4) is 0 Å². The number of piperidine rings is 1. The molecule has 0 spiro atoms. The second-order valence-corrected chi connectivity index (χ2v) is 7.20. The summed E-state index contributed by atoms with van der Waals surface area (Å²) in [7, 11) is 0. The molecule has 1 aromatic heterocycles. The SMILES string of the molecule is C[C@H]1CC[C@@H](c2cc3n(n2)C(O)=CCN3)N(C(=O)OCc2ccccc2)C1.